The first-order valence-electron chi connectivity index (χ1n) is 7.33. The highest BCUT2D eigenvalue weighted by Gasteiger charge is 2.23. The summed E-state index contributed by atoms with van der Waals surface area (Å²) in [5, 5.41) is 1.29. The molecule has 100 valence electrons. The maximum Gasteiger partial charge on any atom is 0.231 e. The molecule has 0 atom stereocenters. The summed E-state index contributed by atoms with van der Waals surface area (Å²) in [7, 11) is 0. The Hall–Kier alpha value is -1.57. The lowest BCUT2D eigenvalue weighted by molar-refractivity contribution is 0.0888. The van der Waals surface area contributed by atoms with E-state index in [-0.39, 0.29) is 5.91 Å². The Labute approximate surface area is 114 Å². The predicted octanol–water partition coefficient (Wildman–Crippen LogP) is 4.21. The van der Waals surface area contributed by atoms with Crippen LogP contribution in [0.5, 0.6) is 0 Å². The smallest absolute Gasteiger partial charge is 0.231 e. The molecule has 0 spiro atoms. The van der Waals surface area contributed by atoms with Crippen molar-refractivity contribution in [3.8, 4) is 0 Å². The van der Waals surface area contributed by atoms with Gasteiger partial charge >= 0.3 is 0 Å². The molecule has 0 fully saturated rings. The van der Waals surface area contributed by atoms with Gasteiger partial charge in [0.15, 0.2) is 0 Å². The molecule has 2 aromatic rings. The number of carbonyl (C=O) groups is 1. The Kier molecular flexibility index (Phi) is 3.17. The van der Waals surface area contributed by atoms with Crippen molar-refractivity contribution < 1.29 is 4.79 Å². The van der Waals surface area contributed by atoms with Gasteiger partial charge in [0.25, 0.3) is 0 Å². The second kappa shape index (κ2) is 4.84. The minimum absolute atomic E-state index is 0.259. The fourth-order valence-electron chi connectivity index (χ4n) is 3.22. The van der Waals surface area contributed by atoms with Crippen molar-refractivity contribution in [2.24, 2.45) is 5.92 Å². The second-order valence-electron chi connectivity index (χ2n) is 5.98. The summed E-state index contributed by atoms with van der Waals surface area (Å²) in [5.74, 6) is 0.669. The number of hydrogen-bond donors (Lipinski definition) is 0. The molecule has 0 bridgehead atoms. The van der Waals surface area contributed by atoms with E-state index in [1.165, 1.54) is 29.5 Å². The normalized spacial score (nSPS) is 14.9. The Morgan fingerprint density at radius 1 is 1.21 bits per heavy atom. The van der Waals surface area contributed by atoms with Crippen molar-refractivity contribution >= 4 is 16.8 Å². The number of aromatic nitrogens is 1. The summed E-state index contributed by atoms with van der Waals surface area (Å²) in [4.78, 5) is 12.6. The van der Waals surface area contributed by atoms with Crippen molar-refractivity contribution in [3.63, 3.8) is 0 Å². The molecule has 1 aromatic heterocycles. The standard InChI is InChI=1S/C17H21NO/c1-12(2)11-17(19)18-15-9-5-3-7-13(15)14-8-4-6-10-16(14)18/h3,5,7,9,12H,4,6,8,10-11H2,1-2H3. The lowest BCUT2D eigenvalue weighted by Crippen LogP contribution is -2.17. The third-order valence-electron chi connectivity index (χ3n) is 4.01. The van der Waals surface area contributed by atoms with Crippen LogP contribution in [0, 0.1) is 5.92 Å². The van der Waals surface area contributed by atoms with Crippen LogP contribution < -0.4 is 0 Å². The van der Waals surface area contributed by atoms with E-state index < -0.39 is 0 Å². The first-order valence-corrected chi connectivity index (χ1v) is 7.33. The minimum atomic E-state index is 0.259. The van der Waals surface area contributed by atoms with E-state index in [4.69, 9.17) is 0 Å². The van der Waals surface area contributed by atoms with E-state index in [2.05, 4.69) is 32.0 Å². The maximum atomic E-state index is 12.6. The fourth-order valence-corrected chi connectivity index (χ4v) is 3.22. The molecule has 1 heterocycles. The van der Waals surface area contributed by atoms with Crippen LogP contribution in [0.4, 0.5) is 0 Å². The number of benzene rings is 1. The summed E-state index contributed by atoms with van der Waals surface area (Å²) in [5.41, 5.74) is 3.80. The zero-order valence-electron chi connectivity index (χ0n) is 11.8. The van der Waals surface area contributed by atoms with Gasteiger partial charge < -0.3 is 0 Å². The first kappa shape index (κ1) is 12.5. The SMILES string of the molecule is CC(C)CC(=O)n1c2c(c3ccccc31)CCCC2. The Balaban J connectivity index is 2.19. The van der Waals surface area contributed by atoms with Crippen molar-refractivity contribution in [1.82, 2.24) is 4.57 Å². The molecule has 0 saturated heterocycles. The van der Waals surface area contributed by atoms with E-state index >= 15 is 0 Å². The Morgan fingerprint density at radius 3 is 2.74 bits per heavy atom. The average Bonchev–Trinajstić information content (AvgIpc) is 2.72. The number of hydrogen-bond acceptors (Lipinski definition) is 1. The molecular formula is C17H21NO. The van der Waals surface area contributed by atoms with Crippen molar-refractivity contribution in [2.75, 3.05) is 0 Å². The Morgan fingerprint density at radius 2 is 1.95 bits per heavy atom. The second-order valence-corrected chi connectivity index (χ2v) is 5.98. The van der Waals surface area contributed by atoms with Crippen LogP contribution in [-0.2, 0) is 12.8 Å². The third-order valence-corrected chi connectivity index (χ3v) is 4.01. The molecule has 0 saturated carbocycles. The lowest BCUT2D eigenvalue weighted by Gasteiger charge is -2.15. The van der Waals surface area contributed by atoms with Gasteiger partial charge in [-0.1, -0.05) is 32.0 Å². The van der Waals surface area contributed by atoms with Gasteiger partial charge in [-0.3, -0.25) is 9.36 Å². The Bertz CT molecular complexity index is 621. The zero-order valence-corrected chi connectivity index (χ0v) is 11.8. The highest BCUT2D eigenvalue weighted by Crippen LogP contribution is 2.32. The van der Waals surface area contributed by atoms with Gasteiger partial charge in [-0.2, -0.15) is 0 Å². The van der Waals surface area contributed by atoms with Crippen molar-refractivity contribution in [3.05, 3.63) is 35.5 Å². The topological polar surface area (TPSA) is 22.0 Å². The summed E-state index contributed by atoms with van der Waals surface area (Å²) in [6.45, 7) is 4.21. The predicted molar refractivity (Wildman–Crippen MR) is 78.7 cm³/mol. The molecule has 0 aliphatic heterocycles. The molecule has 0 amide bonds. The number of para-hydroxylation sites is 1. The molecule has 0 unspecified atom stereocenters. The zero-order chi connectivity index (χ0) is 13.4. The fraction of sp³-hybridized carbons (Fsp3) is 0.471. The molecule has 3 rings (SSSR count). The van der Waals surface area contributed by atoms with Crippen molar-refractivity contribution in [1.29, 1.82) is 0 Å². The van der Waals surface area contributed by atoms with E-state index in [0.29, 0.717) is 12.3 Å². The van der Waals surface area contributed by atoms with Gasteiger partial charge in [0, 0.05) is 17.5 Å². The molecular weight excluding hydrogens is 234 g/mol. The summed E-state index contributed by atoms with van der Waals surface area (Å²) < 4.78 is 2.00. The maximum absolute atomic E-state index is 12.6. The molecule has 2 nitrogen and oxygen atoms in total. The summed E-state index contributed by atoms with van der Waals surface area (Å²) in [6, 6.07) is 8.37. The van der Waals surface area contributed by atoms with Gasteiger partial charge in [0.1, 0.15) is 0 Å². The monoisotopic (exact) mass is 255 g/mol. The number of aryl methyl sites for hydroxylation is 1. The van der Waals surface area contributed by atoms with Crippen LogP contribution in [0.25, 0.3) is 10.9 Å². The quantitative estimate of drug-likeness (QED) is 0.788. The van der Waals surface area contributed by atoms with E-state index in [9.17, 15) is 4.79 Å². The average molecular weight is 255 g/mol. The van der Waals surface area contributed by atoms with E-state index in [1.54, 1.807) is 0 Å². The molecule has 0 radical (unpaired) electrons. The molecule has 1 aliphatic rings. The van der Waals surface area contributed by atoms with Gasteiger partial charge in [-0.05, 0) is 43.2 Å². The number of carbonyl (C=O) groups excluding carboxylic acids is 1. The summed E-state index contributed by atoms with van der Waals surface area (Å²) in [6.07, 6.45) is 5.26. The number of fused-ring (bicyclic) bond motifs is 3. The van der Waals surface area contributed by atoms with Crippen LogP contribution >= 0.6 is 0 Å². The van der Waals surface area contributed by atoms with Gasteiger partial charge in [0.05, 0.1) is 5.52 Å². The number of nitrogens with zero attached hydrogens (tertiary/aromatic N) is 1. The third kappa shape index (κ3) is 2.09. The molecule has 1 aliphatic carbocycles. The molecule has 1 aromatic carbocycles. The highest BCUT2D eigenvalue weighted by atomic mass is 16.2. The molecule has 2 heteroatoms. The van der Waals surface area contributed by atoms with E-state index in [0.717, 1.165) is 18.4 Å². The van der Waals surface area contributed by atoms with Crippen LogP contribution in [0.1, 0.15) is 49.2 Å². The highest BCUT2D eigenvalue weighted by molar-refractivity contribution is 5.96. The number of rotatable bonds is 2. The van der Waals surface area contributed by atoms with Crippen LogP contribution in [0.15, 0.2) is 24.3 Å². The van der Waals surface area contributed by atoms with Crippen LogP contribution in [-0.4, -0.2) is 10.5 Å². The lowest BCUT2D eigenvalue weighted by atomic mass is 9.95. The van der Waals surface area contributed by atoms with E-state index in [1.807, 2.05) is 10.6 Å². The van der Waals surface area contributed by atoms with Gasteiger partial charge in [-0.25, -0.2) is 0 Å². The summed E-state index contributed by atoms with van der Waals surface area (Å²) >= 11 is 0. The van der Waals surface area contributed by atoms with Gasteiger partial charge in [0.2, 0.25) is 5.91 Å². The van der Waals surface area contributed by atoms with Crippen LogP contribution in [0.2, 0.25) is 0 Å². The largest absolute Gasteiger partial charge is 0.284 e. The molecule has 19 heavy (non-hydrogen) atoms. The van der Waals surface area contributed by atoms with Crippen molar-refractivity contribution in [2.45, 2.75) is 46.0 Å². The van der Waals surface area contributed by atoms with Gasteiger partial charge in [-0.15, -0.1) is 0 Å². The molecule has 0 N–H and O–H groups in total. The minimum Gasteiger partial charge on any atom is -0.284 e. The van der Waals surface area contributed by atoms with Crippen LogP contribution in [0.3, 0.4) is 0 Å². The first-order chi connectivity index (χ1) is 9.18.